The van der Waals surface area contributed by atoms with Crippen molar-refractivity contribution in [1.82, 2.24) is 4.98 Å². The molecule has 28 heavy (non-hydrogen) atoms. The van der Waals surface area contributed by atoms with Crippen molar-refractivity contribution in [3.63, 3.8) is 0 Å². The van der Waals surface area contributed by atoms with Crippen LogP contribution in [0.15, 0.2) is 69.6 Å². The molecule has 0 radical (unpaired) electrons. The zero-order valence-corrected chi connectivity index (χ0v) is 16.6. The van der Waals surface area contributed by atoms with Gasteiger partial charge >= 0.3 is 0 Å². The Morgan fingerprint density at radius 3 is 2.75 bits per heavy atom. The molecule has 0 saturated carbocycles. The van der Waals surface area contributed by atoms with E-state index in [0.717, 1.165) is 32.6 Å². The Morgan fingerprint density at radius 1 is 1.11 bits per heavy atom. The molecular formula is C22H15BrN2O3. The van der Waals surface area contributed by atoms with Crippen LogP contribution in [0.5, 0.6) is 5.75 Å². The van der Waals surface area contributed by atoms with E-state index in [-0.39, 0.29) is 5.91 Å². The molecule has 0 saturated heterocycles. The van der Waals surface area contributed by atoms with Crippen LogP contribution in [0.2, 0.25) is 0 Å². The van der Waals surface area contributed by atoms with E-state index < -0.39 is 0 Å². The maximum atomic E-state index is 12.7. The highest BCUT2D eigenvalue weighted by Crippen LogP contribution is 2.34. The van der Waals surface area contributed by atoms with E-state index in [1.807, 2.05) is 60.7 Å². The summed E-state index contributed by atoms with van der Waals surface area (Å²) in [6.45, 7) is 0.566. The average Bonchev–Trinajstić information content (AvgIpc) is 3.29. The van der Waals surface area contributed by atoms with Crippen LogP contribution in [0.3, 0.4) is 0 Å². The van der Waals surface area contributed by atoms with Crippen molar-refractivity contribution in [3.8, 4) is 17.2 Å². The molecule has 0 bridgehead atoms. The fourth-order valence-corrected chi connectivity index (χ4v) is 4.01. The van der Waals surface area contributed by atoms with Crippen LogP contribution >= 0.6 is 15.9 Å². The number of aromatic nitrogens is 1. The van der Waals surface area contributed by atoms with E-state index in [4.69, 9.17) is 9.15 Å². The Bertz CT molecular complexity index is 1230. The second-order valence-electron chi connectivity index (χ2n) is 6.57. The molecule has 1 aromatic heterocycles. The lowest BCUT2D eigenvalue weighted by Gasteiger charge is -2.15. The molecule has 0 aliphatic carbocycles. The lowest BCUT2D eigenvalue weighted by atomic mass is 10.1. The number of amides is 1. The van der Waals surface area contributed by atoms with Crippen LogP contribution in [-0.4, -0.2) is 18.0 Å². The Hall–Kier alpha value is -3.12. The Morgan fingerprint density at radius 2 is 1.96 bits per heavy atom. The summed E-state index contributed by atoms with van der Waals surface area (Å²) in [5.74, 6) is 1.28. The van der Waals surface area contributed by atoms with Gasteiger partial charge in [0.05, 0.1) is 18.1 Å². The number of hydrogen-bond acceptors (Lipinski definition) is 4. The Labute approximate surface area is 169 Å². The monoisotopic (exact) mass is 434 g/mol. The molecule has 1 aliphatic rings. The number of oxazole rings is 1. The summed E-state index contributed by atoms with van der Waals surface area (Å²) in [6.07, 6.45) is 0. The number of carbonyl (C=O) groups is 1. The first-order valence-corrected chi connectivity index (χ1v) is 9.57. The third-order valence-electron chi connectivity index (χ3n) is 4.90. The van der Waals surface area contributed by atoms with Crippen molar-refractivity contribution in [2.75, 3.05) is 12.0 Å². The molecule has 4 aromatic rings. The molecular weight excluding hydrogens is 420 g/mol. The van der Waals surface area contributed by atoms with Gasteiger partial charge in [-0.25, -0.2) is 4.98 Å². The highest BCUT2D eigenvalue weighted by Gasteiger charge is 2.28. The minimum absolute atomic E-state index is 0.0118. The van der Waals surface area contributed by atoms with E-state index in [1.165, 1.54) is 0 Å². The average molecular weight is 435 g/mol. The minimum atomic E-state index is 0.0118. The van der Waals surface area contributed by atoms with Crippen molar-refractivity contribution in [2.24, 2.45) is 0 Å². The molecule has 0 unspecified atom stereocenters. The molecule has 6 heteroatoms. The number of methoxy groups -OCH3 is 1. The fraction of sp³-hybridized carbons (Fsp3) is 0.0909. The maximum Gasteiger partial charge on any atom is 0.258 e. The summed E-state index contributed by atoms with van der Waals surface area (Å²) in [7, 11) is 1.62. The second kappa shape index (κ2) is 6.49. The predicted octanol–water partition coefficient (Wildman–Crippen LogP) is 5.43. The van der Waals surface area contributed by atoms with Gasteiger partial charge in [0.2, 0.25) is 5.89 Å². The molecule has 5 nitrogen and oxygen atoms in total. The van der Waals surface area contributed by atoms with Crippen LogP contribution in [0.1, 0.15) is 15.9 Å². The number of anilines is 1. The fourth-order valence-electron chi connectivity index (χ4n) is 3.47. The molecule has 0 spiro atoms. The van der Waals surface area contributed by atoms with Gasteiger partial charge in [0.15, 0.2) is 5.58 Å². The number of nitrogens with zero attached hydrogens (tertiary/aromatic N) is 2. The number of rotatable bonds is 3. The molecule has 0 fully saturated rings. The van der Waals surface area contributed by atoms with Crippen molar-refractivity contribution in [2.45, 2.75) is 6.54 Å². The first-order valence-electron chi connectivity index (χ1n) is 8.78. The molecule has 3 aromatic carbocycles. The number of hydrogen-bond donors (Lipinski definition) is 0. The third-order valence-corrected chi connectivity index (χ3v) is 5.52. The number of halogens is 1. The van der Waals surface area contributed by atoms with E-state index in [0.29, 0.717) is 23.5 Å². The van der Waals surface area contributed by atoms with Gasteiger partial charge < -0.3 is 14.1 Å². The van der Waals surface area contributed by atoms with Crippen molar-refractivity contribution >= 4 is 38.6 Å². The van der Waals surface area contributed by atoms with E-state index in [1.54, 1.807) is 12.0 Å². The number of fused-ring (bicyclic) bond motifs is 2. The van der Waals surface area contributed by atoms with Gasteiger partial charge in [-0.3, -0.25) is 4.79 Å². The number of benzene rings is 3. The lowest BCUT2D eigenvalue weighted by molar-refractivity contribution is 0.0996. The highest BCUT2D eigenvalue weighted by atomic mass is 79.9. The maximum absolute atomic E-state index is 12.7. The topological polar surface area (TPSA) is 55.6 Å². The standard InChI is InChI=1S/C22H15BrN2O3/c1-27-19-8-6-13(10-17(19)23)21-24-18-11-15(7-9-20(18)28-21)25-12-14-4-2-3-5-16(14)22(25)26/h2-11H,12H2,1H3. The smallest absolute Gasteiger partial charge is 0.258 e. The van der Waals surface area contributed by atoms with E-state index >= 15 is 0 Å². The van der Waals surface area contributed by atoms with Crippen LogP contribution in [0.25, 0.3) is 22.6 Å². The first kappa shape index (κ1) is 17.0. The van der Waals surface area contributed by atoms with Crippen LogP contribution in [-0.2, 0) is 6.54 Å². The first-order chi connectivity index (χ1) is 13.6. The minimum Gasteiger partial charge on any atom is -0.496 e. The van der Waals surface area contributed by atoms with Crippen LogP contribution in [0.4, 0.5) is 5.69 Å². The van der Waals surface area contributed by atoms with Gasteiger partial charge in [0.1, 0.15) is 11.3 Å². The Kier molecular flexibility index (Phi) is 3.94. The van der Waals surface area contributed by atoms with E-state index in [2.05, 4.69) is 20.9 Å². The lowest BCUT2D eigenvalue weighted by Crippen LogP contribution is -2.22. The van der Waals surface area contributed by atoms with Gasteiger partial charge in [-0.2, -0.15) is 0 Å². The number of ether oxygens (including phenoxy) is 1. The number of carbonyl (C=O) groups excluding carboxylic acids is 1. The van der Waals surface area contributed by atoms with E-state index in [9.17, 15) is 4.79 Å². The molecule has 1 amide bonds. The van der Waals surface area contributed by atoms with Gasteiger partial charge in [-0.1, -0.05) is 18.2 Å². The summed E-state index contributed by atoms with van der Waals surface area (Å²) in [5, 5.41) is 0. The molecule has 0 atom stereocenters. The predicted molar refractivity (Wildman–Crippen MR) is 111 cm³/mol. The molecule has 2 heterocycles. The second-order valence-corrected chi connectivity index (χ2v) is 7.42. The summed E-state index contributed by atoms with van der Waals surface area (Å²) in [6, 6.07) is 19.0. The normalized spacial score (nSPS) is 13.2. The van der Waals surface area contributed by atoms with Crippen LogP contribution in [0, 0.1) is 0 Å². The summed E-state index contributed by atoms with van der Waals surface area (Å²) in [5.41, 5.74) is 4.83. The Balaban J connectivity index is 1.51. The molecule has 138 valence electrons. The summed E-state index contributed by atoms with van der Waals surface area (Å²) < 4.78 is 12.0. The summed E-state index contributed by atoms with van der Waals surface area (Å²) in [4.78, 5) is 19.1. The largest absolute Gasteiger partial charge is 0.496 e. The molecule has 1 aliphatic heterocycles. The van der Waals surface area contributed by atoms with Crippen molar-refractivity contribution in [1.29, 1.82) is 0 Å². The zero-order chi connectivity index (χ0) is 19.3. The van der Waals surface area contributed by atoms with Gasteiger partial charge in [0.25, 0.3) is 5.91 Å². The van der Waals surface area contributed by atoms with Gasteiger partial charge in [-0.15, -0.1) is 0 Å². The SMILES string of the molecule is COc1ccc(-c2nc3cc(N4Cc5ccccc5C4=O)ccc3o2)cc1Br. The summed E-state index contributed by atoms with van der Waals surface area (Å²) >= 11 is 3.49. The van der Waals surface area contributed by atoms with Crippen molar-refractivity contribution in [3.05, 3.63) is 76.3 Å². The van der Waals surface area contributed by atoms with Crippen LogP contribution < -0.4 is 9.64 Å². The highest BCUT2D eigenvalue weighted by molar-refractivity contribution is 9.10. The third kappa shape index (κ3) is 2.68. The molecule has 5 rings (SSSR count). The zero-order valence-electron chi connectivity index (χ0n) is 15.0. The molecule has 0 N–H and O–H groups in total. The quantitative estimate of drug-likeness (QED) is 0.431. The van der Waals surface area contributed by atoms with Crippen molar-refractivity contribution < 1.29 is 13.9 Å². The van der Waals surface area contributed by atoms with Gasteiger partial charge in [-0.05, 0) is 64.0 Å². The van der Waals surface area contributed by atoms with Gasteiger partial charge in [0, 0.05) is 16.8 Å².